The predicted octanol–water partition coefficient (Wildman–Crippen LogP) is 4.52. The summed E-state index contributed by atoms with van der Waals surface area (Å²) in [5, 5.41) is 17.2. The van der Waals surface area contributed by atoms with Gasteiger partial charge in [-0.05, 0) is 24.3 Å². The number of hydrogen-bond acceptors (Lipinski definition) is 6. The highest BCUT2D eigenvalue weighted by molar-refractivity contribution is 5.48. The number of methoxy groups -OCH3 is 1. The number of halogens is 1. The van der Waals surface area contributed by atoms with Crippen LogP contribution in [0.1, 0.15) is 11.1 Å². The lowest BCUT2D eigenvalue weighted by Crippen LogP contribution is -2.22. The molecule has 0 atom stereocenters. The first kappa shape index (κ1) is 22.0. The van der Waals surface area contributed by atoms with Gasteiger partial charge in [0.2, 0.25) is 0 Å². The molecule has 0 spiro atoms. The maximum atomic E-state index is 13.9. The Labute approximate surface area is 180 Å². The molecule has 0 fully saturated rings. The normalized spacial score (nSPS) is 10.5. The first-order chi connectivity index (χ1) is 15.1. The first-order valence-corrected chi connectivity index (χ1v) is 9.79. The number of benzene rings is 3. The van der Waals surface area contributed by atoms with Gasteiger partial charge in [0, 0.05) is 48.6 Å². The van der Waals surface area contributed by atoms with E-state index in [9.17, 15) is 14.5 Å². The summed E-state index contributed by atoms with van der Waals surface area (Å²) in [7, 11) is 1.57. The molecule has 3 rings (SSSR count). The molecule has 0 radical (unpaired) electrons. The highest BCUT2D eigenvalue weighted by Gasteiger charge is 2.12. The summed E-state index contributed by atoms with van der Waals surface area (Å²) in [4.78, 5) is 10.3. The highest BCUT2D eigenvalue weighted by Crippen LogP contribution is 2.32. The van der Waals surface area contributed by atoms with Crippen LogP contribution in [0.5, 0.6) is 11.5 Å². The summed E-state index contributed by atoms with van der Waals surface area (Å²) in [5.74, 6) is 0.845. The molecule has 0 aliphatic heterocycles. The minimum atomic E-state index is -0.425. The molecule has 0 saturated heterocycles. The van der Waals surface area contributed by atoms with Gasteiger partial charge in [0.25, 0.3) is 5.69 Å². The summed E-state index contributed by atoms with van der Waals surface area (Å²) < 4.78 is 25.2. The predicted molar refractivity (Wildman–Crippen MR) is 117 cm³/mol. The van der Waals surface area contributed by atoms with E-state index in [2.05, 4.69) is 10.6 Å². The number of ether oxygens (including phenoxy) is 2. The Balaban J connectivity index is 1.53. The van der Waals surface area contributed by atoms with E-state index in [1.54, 1.807) is 43.5 Å². The third kappa shape index (κ3) is 6.16. The van der Waals surface area contributed by atoms with Crippen LogP contribution in [0.3, 0.4) is 0 Å². The number of anilines is 1. The second-order valence-corrected chi connectivity index (χ2v) is 6.74. The monoisotopic (exact) mass is 425 g/mol. The second kappa shape index (κ2) is 10.9. The number of nitrogens with one attached hydrogen (secondary N) is 2. The summed E-state index contributed by atoms with van der Waals surface area (Å²) in [6, 6.07) is 18.4. The largest absolute Gasteiger partial charge is 0.493 e. The maximum absolute atomic E-state index is 13.9. The van der Waals surface area contributed by atoms with Crippen LogP contribution >= 0.6 is 0 Å². The van der Waals surface area contributed by atoms with E-state index in [-0.39, 0.29) is 18.1 Å². The molecular weight excluding hydrogens is 401 g/mol. The van der Waals surface area contributed by atoms with Crippen molar-refractivity contribution in [3.05, 3.63) is 93.8 Å². The molecule has 3 aromatic carbocycles. The fourth-order valence-electron chi connectivity index (χ4n) is 3.01. The van der Waals surface area contributed by atoms with Gasteiger partial charge in [-0.1, -0.05) is 30.3 Å². The summed E-state index contributed by atoms with van der Waals surface area (Å²) in [5.41, 5.74) is 2.23. The topological polar surface area (TPSA) is 85.7 Å². The number of hydrogen-bond donors (Lipinski definition) is 2. The van der Waals surface area contributed by atoms with Crippen LogP contribution < -0.4 is 20.1 Å². The molecule has 0 amide bonds. The van der Waals surface area contributed by atoms with Crippen LogP contribution in [-0.4, -0.2) is 25.1 Å². The van der Waals surface area contributed by atoms with Crippen LogP contribution in [0.25, 0.3) is 0 Å². The van der Waals surface area contributed by atoms with Gasteiger partial charge in [-0.25, -0.2) is 4.39 Å². The third-order valence-electron chi connectivity index (χ3n) is 4.63. The van der Waals surface area contributed by atoms with Gasteiger partial charge in [0.15, 0.2) is 11.5 Å². The van der Waals surface area contributed by atoms with E-state index < -0.39 is 4.92 Å². The van der Waals surface area contributed by atoms with Crippen molar-refractivity contribution in [2.45, 2.75) is 13.2 Å². The average molecular weight is 425 g/mol. The Morgan fingerprint density at radius 1 is 0.968 bits per heavy atom. The molecular formula is C23H24FN3O4. The Kier molecular flexibility index (Phi) is 7.78. The van der Waals surface area contributed by atoms with Crippen molar-refractivity contribution in [1.29, 1.82) is 0 Å². The average Bonchev–Trinajstić information content (AvgIpc) is 2.79. The first-order valence-electron chi connectivity index (χ1n) is 9.79. The van der Waals surface area contributed by atoms with E-state index >= 15 is 0 Å². The van der Waals surface area contributed by atoms with Crippen molar-refractivity contribution in [1.82, 2.24) is 5.32 Å². The van der Waals surface area contributed by atoms with Crippen molar-refractivity contribution >= 4 is 11.4 Å². The zero-order valence-electron chi connectivity index (χ0n) is 17.1. The van der Waals surface area contributed by atoms with E-state index in [0.717, 1.165) is 11.3 Å². The van der Waals surface area contributed by atoms with Gasteiger partial charge in [-0.15, -0.1) is 0 Å². The lowest BCUT2D eigenvalue weighted by atomic mass is 10.1. The van der Waals surface area contributed by atoms with Crippen LogP contribution in [0.4, 0.5) is 15.8 Å². The van der Waals surface area contributed by atoms with Crippen LogP contribution in [-0.2, 0) is 13.2 Å². The molecule has 0 unspecified atom stereocenters. The van der Waals surface area contributed by atoms with E-state index in [1.165, 1.54) is 18.2 Å². The molecule has 7 nitrogen and oxygen atoms in total. The van der Waals surface area contributed by atoms with E-state index in [0.29, 0.717) is 36.7 Å². The van der Waals surface area contributed by atoms with Crippen LogP contribution in [0.2, 0.25) is 0 Å². The summed E-state index contributed by atoms with van der Waals surface area (Å²) in [6.07, 6.45) is 0. The van der Waals surface area contributed by atoms with Gasteiger partial charge in [0.05, 0.1) is 12.0 Å². The summed E-state index contributed by atoms with van der Waals surface area (Å²) in [6.45, 7) is 1.92. The van der Waals surface area contributed by atoms with Crippen molar-refractivity contribution < 1.29 is 18.8 Å². The molecule has 0 aromatic heterocycles. The van der Waals surface area contributed by atoms with Gasteiger partial charge in [-0.2, -0.15) is 0 Å². The molecule has 0 saturated carbocycles. The number of non-ortho nitro benzene ring substituents is 1. The van der Waals surface area contributed by atoms with Gasteiger partial charge >= 0.3 is 0 Å². The Hall–Kier alpha value is -3.65. The lowest BCUT2D eigenvalue weighted by Gasteiger charge is -2.16. The summed E-state index contributed by atoms with van der Waals surface area (Å²) >= 11 is 0. The molecule has 2 N–H and O–H groups in total. The van der Waals surface area contributed by atoms with E-state index in [4.69, 9.17) is 9.47 Å². The zero-order valence-corrected chi connectivity index (χ0v) is 17.1. The number of nitro groups is 1. The molecule has 162 valence electrons. The molecule has 8 heteroatoms. The Morgan fingerprint density at radius 2 is 1.71 bits per heavy atom. The number of nitro benzene ring substituents is 1. The van der Waals surface area contributed by atoms with E-state index in [1.807, 2.05) is 12.1 Å². The van der Waals surface area contributed by atoms with Crippen LogP contribution in [0.15, 0.2) is 66.7 Å². The van der Waals surface area contributed by atoms with Crippen molar-refractivity contribution in [2.75, 3.05) is 25.5 Å². The number of rotatable bonds is 11. The number of nitrogens with zero attached hydrogens (tertiary/aromatic N) is 1. The number of para-hydroxylation sites is 1. The molecule has 3 aromatic rings. The molecule has 0 heterocycles. The third-order valence-corrected chi connectivity index (χ3v) is 4.63. The highest BCUT2D eigenvalue weighted by atomic mass is 19.1. The SMILES string of the molecule is COc1cccc(CNCCNc2ccc([N+](=O)[O-])cc2)c1OCc1ccccc1F. The smallest absolute Gasteiger partial charge is 0.269 e. The van der Waals surface area contributed by atoms with Gasteiger partial charge < -0.3 is 20.1 Å². The van der Waals surface area contributed by atoms with Gasteiger partial charge in [0.1, 0.15) is 12.4 Å². The maximum Gasteiger partial charge on any atom is 0.269 e. The minimum Gasteiger partial charge on any atom is -0.493 e. The van der Waals surface area contributed by atoms with Crippen molar-refractivity contribution in [3.8, 4) is 11.5 Å². The zero-order chi connectivity index (χ0) is 22.1. The Morgan fingerprint density at radius 3 is 2.42 bits per heavy atom. The molecule has 31 heavy (non-hydrogen) atoms. The van der Waals surface area contributed by atoms with Crippen molar-refractivity contribution in [3.63, 3.8) is 0 Å². The van der Waals surface area contributed by atoms with Crippen molar-refractivity contribution in [2.24, 2.45) is 0 Å². The molecule has 0 bridgehead atoms. The molecule has 0 aliphatic rings. The Bertz CT molecular complexity index is 1010. The fraction of sp³-hybridized carbons (Fsp3) is 0.217. The second-order valence-electron chi connectivity index (χ2n) is 6.74. The molecule has 0 aliphatic carbocycles. The minimum absolute atomic E-state index is 0.0598. The quantitative estimate of drug-likeness (QED) is 0.267. The van der Waals surface area contributed by atoms with Gasteiger partial charge in [-0.3, -0.25) is 10.1 Å². The lowest BCUT2D eigenvalue weighted by molar-refractivity contribution is -0.384. The fourth-order valence-corrected chi connectivity index (χ4v) is 3.01. The standard InChI is InChI=1S/C23H24FN3O4/c1-30-22-8-4-6-17(23(22)31-16-18-5-2-3-7-21(18)24)15-25-13-14-26-19-9-11-20(12-10-19)27(28)29/h2-12,25-26H,13-16H2,1H3. The van der Waals surface area contributed by atoms with Crippen LogP contribution in [0, 0.1) is 15.9 Å².